The Labute approximate surface area is 118 Å². The molecule has 0 saturated carbocycles. The van der Waals surface area contributed by atoms with Crippen LogP contribution in [0.15, 0.2) is 23.1 Å². The highest BCUT2D eigenvalue weighted by atomic mass is 35.5. The predicted molar refractivity (Wildman–Crippen MR) is 74.1 cm³/mol. The first-order valence-electron chi connectivity index (χ1n) is 6.00. The molecule has 1 atom stereocenters. The van der Waals surface area contributed by atoms with E-state index < -0.39 is 16.1 Å². The molecule has 2 N–H and O–H groups in total. The van der Waals surface area contributed by atoms with Crippen LogP contribution in [0.25, 0.3) is 0 Å². The maximum Gasteiger partial charge on any atom is 0.244 e. The van der Waals surface area contributed by atoms with Crippen LogP contribution in [0.3, 0.4) is 0 Å². The van der Waals surface area contributed by atoms with Crippen LogP contribution in [-0.2, 0) is 10.0 Å². The van der Waals surface area contributed by atoms with Gasteiger partial charge in [-0.1, -0.05) is 18.5 Å². The molecular weight excluding hydrogens is 290 g/mol. The number of aliphatic hydroxyl groups excluding tert-OH is 1. The lowest BCUT2D eigenvalue weighted by molar-refractivity contribution is 0.253. The summed E-state index contributed by atoms with van der Waals surface area (Å²) in [4.78, 5) is -0.0197. The Balaban J connectivity index is 3.15. The lowest BCUT2D eigenvalue weighted by Crippen LogP contribution is -2.37. The van der Waals surface area contributed by atoms with Crippen molar-refractivity contribution in [1.82, 2.24) is 4.72 Å². The number of sulfonamides is 1. The van der Waals surface area contributed by atoms with E-state index in [9.17, 15) is 8.42 Å². The van der Waals surface area contributed by atoms with Gasteiger partial charge in [0.15, 0.2) is 0 Å². The van der Waals surface area contributed by atoms with Gasteiger partial charge in [0.2, 0.25) is 10.0 Å². The fraction of sp³-hybridized carbons (Fsp3) is 0.500. The summed E-state index contributed by atoms with van der Waals surface area (Å²) in [6.45, 7) is 3.63. The van der Waals surface area contributed by atoms with Crippen molar-refractivity contribution in [2.45, 2.75) is 31.2 Å². The first-order chi connectivity index (χ1) is 8.94. The van der Waals surface area contributed by atoms with Gasteiger partial charge in [-0.15, -0.1) is 0 Å². The van der Waals surface area contributed by atoms with Crippen LogP contribution >= 0.6 is 11.6 Å². The van der Waals surface area contributed by atoms with Gasteiger partial charge < -0.3 is 9.84 Å². The maximum atomic E-state index is 12.2. The van der Waals surface area contributed by atoms with Crippen LogP contribution in [0.1, 0.15) is 20.3 Å². The van der Waals surface area contributed by atoms with Crippen molar-refractivity contribution in [3.63, 3.8) is 0 Å². The molecule has 0 saturated heterocycles. The van der Waals surface area contributed by atoms with Gasteiger partial charge in [0.05, 0.1) is 13.2 Å². The Morgan fingerprint density at radius 1 is 1.42 bits per heavy atom. The lowest BCUT2D eigenvalue weighted by Gasteiger charge is -2.16. The molecule has 19 heavy (non-hydrogen) atoms. The van der Waals surface area contributed by atoms with Gasteiger partial charge in [0, 0.05) is 11.1 Å². The van der Waals surface area contributed by atoms with Gasteiger partial charge in [-0.2, -0.15) is 0 Å². The Morgan fingerprint density at radius 3 is 2.63 bits per heavy atom. The van der Waals surface area contributed by atoms with Crippen LogP contribution < -0.4 is 9.46 Å². The van der Waals surface area contributed by atoms with Crippen molar-refractivity contribution in [3.8, 4) is 5.75 Å². The second kappa shape index (κ2) is 7.09. The number of ether oxygens (including phenoxy) is 1. The molecule has 0 aliphatic carbocycles. The quantitative estimate of drug-likeness (QED) is 0.805. The second-order valence-corrected chi connectivity index (χ2v) is 6.05. The minimum absolute atomic E-state index is 0.0197. The zero-order chi connectivity index (χ0) is 14.5. The van der Waals surface area contributed by atoms with Crippen molar-refractivity contribution < 1.29 is 18.3 Å². The van der Waals surface area contributed by atoms with E-state index in [4.69, 9.17) is 21.4 Å². The fourth-order valence-electron chi connectivity index (χ4n) is 1.50. The molecule has 0 aliphatic rings. The summed E-state index contributed by atoms with van der Waals surface area (Å²) >= 11 is 5.83. The zero-order valence-electron chi connectivity index (χ0n) is 10.9. The molecule has 5 nitrogen and oxygen atoms in total. The molecule has 0 amide bonds. The van der Waals surface area contributed by atoms with Gasteiger partial charge in [-0.05, 0) is 31.5 Å². The molecule has 1 rings (SSSR count). The van der Waals surface area contributed by atoms with E-state index in [1.807, 2.05) is 0 Å². The Morgan fingerprint density at radius 2 is 2.11 bits per heavy atom. The lowest BCUT2D eigenvalue weighted by atomic mass is 10.3. The topological polar surface area (TPSA) is 75.6 Å². The van der Waals surface area contributed by atoms with Crippen LogP contribution in [0.2, 0.25) is 5.02 Å². The van der Waals surface area contributed by atoms with Crippen LogP contribution in [0.5, 0.6) is 5.75 Å². The number of aliphatic hydroxyl groups is 1. The minimum atomic E-state index is -3.78. The molecule has 0 bridgehead atoms. The molecular formula is C12H18ClNO4S. The molecule has 0 spiro atoms. The fourth-order valence-corrected chi connectivity index (χ4v) is 3.22. The number of hydrogen-bond donors (Lipinski definition) is 2. The van der Waals surface area contributed by atoms with E-state index in [-0.39, 0.29) is 17.3 Å². The summed E-state index contributed by atoms with van der Waals surface area (Å²) in [5.41, 5.74) is 0. The van der Waals surface area contributed by atoms with E-state index in [0.29, 0.717) is 18.1 Å². The van der Waals surface area contributed by atoms with Crippen molar-refractivity contribution in [2.24, 2.45) is 0 Å². The van der Waals surface area contributed by atoms with Crippen LogP contribution in [-0.4, -0.2) is 32.8 Å². The third kappa shape index (κ3) is 4.35. The molecule has 0 radical (unpaired) electrons. The number of nitrogens with one attached hydrogen (secondary N) is 1. The molecule has 0 heterocycles. The van der Waals surface area contributed by atoms with E-state index >= 15 is 0 Å². The molecule has 0 fully saturated rings. The zero-order valence-corrected chi connectivity index (χ0v) is 12.5. The highest BCUT2D eigenvalue weighted by molar-refractivity contribution is 7.89. The van der Waals surface area contributed by atoms with Crippen molar-refractivity contribution in [3.05, 3.63) is 23.2 Å². The summed E-state index contributed by atoms with van der Waals surface area (Å²) in [5.74, 6) is 0.243. The second-order valence-electron chi connectivity index (χ2n) is 3.93. The van der Waals surface area contributed by atoms with E-state index in [2.05, 4.69) is 4.72 Å². The SMILES string of the molecule is CCOc1ccc(Cl)cc1S(=O)(=O)NC(CC)CO. The van der Waals surface area contributed by atoms with E-state index in [1.54, 1.807) is 19.9 Å². The molecule has 1 aromatic carbocycles. The van der Waals surface area contributed by atoms with Crippen LogP contribution in [0.4, 0.5) is 0 Å². The maximum absolute atomic E-state index is 12.2. The third-order valence-electron chi connectivity index (χ3n) is 2.53. The number of hydrogen-bond acceptors (Lipinski definition) is 4. The Hall–Kier alpha value is -0.820. The van der Waals surface area contributed by atoms with Crippen molar-refractivity contribution in [1.29, 1.82) is 0 Å². The molecule has 0 aromatic heterocycles. The normalized spacial score (nSPS) is 13.3. The van der Waals surface area contributed by atoms with Gasteiger partial charge in [-0.3, -0.25) is 0 Å². The highest BCUT2D eigenvalue weighted by Crippen LogP contribution is 2.27. The van der Waals surface area contributed by atoms with Gasteiger partial charge in [-0.25, -0.2) is 13.1 Å². The summed E-state index contributed by atoms with van der Waals surface area (Å²) in [7, 11) is -3.78. The molecule has 1 unspecified atom stereocenters. The summed E-state index contributed by atoms with van der Waals surface area (Å²) in [6.07, 6.45) is 0.486. The molecule has 1 aromatic rings. The molecule has 108 valence electrons. The predicted octanol–water partition coefficient (Wildman–Crippen LogP) is 1.79. The highest BCUT2D eigenvalue weighted by Gasteiger charge is 2.23. The summed E-state index contributed by atoms with van der Waals surface area (Å²) in [6, 6.07) is 3.88. The number of halogens is 1. The first kappa shape index (κ1) is 16.2. The van der Waals surface area contributed by atoms with Crippen molar-refractivity contribution in [2.75, 3.05) is 13.2 Å². The van der Waals surface area contributed by atoms with Crippen molar-refractivity contribution >= 4 is 21.6 Å². The Kier molecular flexibility index (Phi) is 6.06. The van der Waals surface area contributed by atoms with Gasteiger partial charge in [0.25, 0.3) is 0 Å². The first-order valence-corrected chi connectivity index (χ1v) is 7.86. The average molecular weight is 308 g/mol. The molecule has 7 heteroatoms. The largest absolute Gasteiger partial charge is 0.492 e. The number of rotatable bonds is 7. The van der Waals surface area contributed by atoms with E-state index in [0.717, 1.165) is 0 Å². The average Bonchev–Trinajstić information content (AvgIpc) is 2.38. The summed E-state index contributed by atoms with van der Waals surface area (Å²) in [5, 5.41) is 9.39. The third-order valence-corrected chi connectivity index (χ3v) is 4.31. The van der Waals surface area contributed by atoms with Gasteiger partial charge in [0.1, 0.15) is 10.6 Å². The van der Waals surface area contributed by atoms with Gasteiger partial charge >= 0.3 is 0 Å². The van der Waals surface area contributed by atoms with Crippen LogP contribution in [0, 0.1) is 0 Å². The van der Waals surface area contributed by atoms with E-state index in [1.165, 1.54) is 12.1 Å². The smallest absolute Gasteiger partial charge is 0.244 e. The molecule has 0 aliphatic heterocycles. The monoisotopic (exact) mass is 307 g/mol. The number of benzene rings is 1. The Bertz CT molecular complexity index is 514. The minimum Gasteiger partial charge on any atom is -0.492 e. The summed E-state index contributed by atoms with van der Waals surface area (Å²) < 4.78 is 32.2. The standard InChI is InChI=1S/C12H18ClNO4S/c1-3-10(8-15)14-19(16,17)12-7-9(13)5-6-11(12)18-4-2/h5-7,10,14-15H,3-4,8H2,1-2H3.